The first kappa shape index (κ1) is 17.2. The van der Waals surface area contributed by atoms with Gasteiger partial charge < -0.3 is 14.7 Å². The van der Waals surface area contributed by atoms with Gasteiger partial charge in [-0.2, -0.15) is 0 Å². The van der Waals surface area contributed by atoms with E-state index in [1.54, 1.807) is 41.9 Å². The van der Waals surface area contributed by atoms with Crippen molar-refractivity contribution in [3.8, 4) is 5.88 Å². The van der Waals surface area contributed by atoms with Gasteiger partial charge >= 0.3 is 0 Å². The van der Waals surface area contributed by atoms with E-state index in [0.29, 0.717) is 16.3 Å². The Hall–Kier alpha value is -3.26. The Kier molecular flexibility index (Phi) is 4.12. The maximum Gasteiger partial charge on any atom is 0.296 e. The number of aromatic nitrogens is 2. The highest BCUT2D eigenvalue weighted by Gasteiger charge is 2.16. The molecule has 0 unspecified atom stereocenters. The number of H-pyrrole nitrogens is 1. The molecule has 0 fully saturated rings. The molecule has 7 nitrogen and oxygen atoms in total. The molecule has 8 heteroatoms. The van der Waals surface area contributed by atoms with Crippen LogP contribution in [0.4, 0.5) is 5.69 Å². The first-order valence-corrected chi connectivity index (χ1v) is 8.80. The fourth-order valence-electron chi connectivity index (χ4n) is 3.01. The molecule has 2 N–H and O–H groups in total. The van der Waals surface area contributed by atoms with Crippen molar-refractivity contribution in [1.29, 1.82) is 0 Å². The monoisotopic (exact) mass is 424 g/mol. The van der Waals surface area contributed by atoms with Crippen molar-refractivity contribution in [2.45, 2.75) is 0 Å². The molecule has 0 aliphatic rings. The Morgan fingerprint density at radius 3 is 2.74 bits per heavy atom. The molecule has 1 amide bonds. The van der Waals surface area contributed by atoms with E-state index in [-0.39, 0.29) is 17.1 Å². The van der Waals surface area contributed by atoms with Gasteiger partial charge in [0, 0.05) is 33.9 Å². The van der Waals surface area contributed by atoms with Crippen LogP contribution in [0.3, 0.4) is 0 Å². The van der Waals surface area contributed by atoms with E-state index >= 15 is 0 Å². The number of halogens is 1. The molecule has 2 heterocycles. The number of aromatic hydroxyl groups is 1. The number of carbonyl (C=O) groups excluding carboxylic acids is 1. The number of pyridine rings is 1. The summed E-state index contributed by atoms with van der Waals surface area (Å²) in [4.78, 5) is 27.1. The number of hydrogen-bond donors (Lipinski definition) is 2. The molecule has 0 spiro atoms. The fourth-order valence-corrected chi connectivity index (χ4v) is 3.37. The largest absolute Gasteiger partial charge is 0.493 e. The van der Waals surface area contributed by atoms with E-state index in [4.69, 9.17) is 0 Å². The number of para-hydroxylation sites is 1. The fraction of sp³-hybridized carbons (Fsp3) is 0.0526. The predicted molar refractivity (Wildman–Crippen MR) is 106 cm³/mol. The molecule has 27 heavy (non-hydrogen) atoms. The number of aromatic amines is 1. The second-order valence-corrected chi connectivity index (χ2v) is 6.91. The van der Waals surface area contributed by atoms with Crippen LogP contribution in [0.2, 0.25) is 0 Å². The zero-order valence-corrected chi connectivity index (χ0v) is 15.7. The van der Waals surface area contributed by atoms with Gasteiger partial charge in [-0.15, -0.1) is 10.2 Å². The number of carbonyl (C=O) groups is 1. The van der Waals surface area contributed by atoms with Gasteiger partial charge in [-0.25, -0.2) is 0 Å². The maximum atomic E-state index is 12.6. The van der Waals surface area contributed by atoms with Gasteiger partial charge in [0.25, 0.3) is 5.91 Å². The molecule has 0 aliphatic carbocycles. The van der Waals surface area contributed by atoms with Gasteiger partial charge in [-0.3, -0.25) is 9.59 Å². The Labute approximate surface area is 161 Å². The lowest BCUT2D eigenvalue weighted by Gasteiger charge is -2.01. The molecule has 4 rings (SSSR count). The maximum absolute atomic E-state index is 12.6. The number of rotatable bonds is 2. The topological polar surface area (TPSA) is 99.8 Å². The second-order valence-electron chi connectivity index (χ2n) is 5.99. The number of nitrogens with zero attached hydrogens (tertiary/aromatic N) is 3. The van der Waals surface area contributed by atoms with Crippen LogP contribution in [-0.4, -0.2) is 20.6 Å². The third-order valence-electron chi connectivity index (χ3n) is 4.33. The number of benzene rings is 2. The van der Waals surface area contributed by atoms with Crippen molar-refractivity contribution in [2.75, 3.05) is 0 Å². The smallest absolute Gasteiger partial charge is 0.296 e. The average Bonchev–Trinajstić information content (AvgIpc) is 2.89. The third-order valence-corrected chi connectivity index (χ3v) is 4.82. The first-order valence-electron chi connectivity index (χ1n) is 8.01. The summed E-state index contributed by atoms with van der Waals surface area (Å²) in [6.07, 6.45) is 0. The molecule has 0 atom stereocenters. The van der Waals surface area contributed by atoms with E-state index < -0.39 is 11.5 Å². The lowest BCUT2D eigenvalue weighted by Crippen LogP contribution is -2.09. The van der Waals surface area contributed by atoms with Crippen LogP contribution < -0.4 is 5.56 Å². The summed E-state index contributed by atoms with van der Waals surface area (Å²) >= 11 is 3.38. The summed E-state index contributed by atoms with van der Waals surface area (Å²) in [6.45, 7) is 0. The standard InChI is InChI=1S/C19H13BrN4O3/c1-24-15-7-6-10(20)8-13(15)17(19(24)27)22-23-18(26)12-9-16(25)21-14-5-3-2-4-11(12)14/h2-9,27H,1H3,(H,21,25). The van der Waals surface area contributed by atoms with Crippen LogP contribution in [0, 0.1) is 0 Å². The normalized spacial score (nSPS) is 11.6. The molecule has 0 aliphatic heterocycles. The molecule has 0 bridgehead atoms. The van der Waals surface area contributed by atoms with E-state index in [1.165, 1.54) is 6.07 Å². The number of hydrogen-bond acceptors (Lipinski definition) is 4. The molecule has 4 aromatic rings. The Bertz CT molecular complexity index is 1300. The molecular weight excluding hydrogens is 412 g/mol. The zero-order valence-electron chi connectivity index (χ0n) is 14.1. The van der Waals surface area contributed by atoms with Gasteiger partial charge in [-0.1, -0.05) is 34.1 Å². The summed E-state index contributed by atoms with van der Waals surface area (Å²) in [7, 11) is 1.69. The van der Waals surface area contributed by atoms with Crippen molar-refractivity contribution in [3.63, 3.8) is 0 Å². The number of nitrogens with one attached hydrogen (secondary N) is 1. The summed E-state index contributed by atoms with van der Waals surface area (Å²) in [5.74, 6) is -0.765. The third kappa shape index (κ3) is 2.93. The van der Waals surface area contributed by atoms with Gasteiger partial charge in [0.15, 0.2) is 5.69 Å². The van der Waals surface area contributed by atoms with E-state index in [0.717, 1.165) is 9.99 Å². The first-order chi connectivity index (χ1) is 13.0. The van der Waals surface area contributed by atoms with E-state index in [2.05, 4.69) is 31.1 Å². The van der Waals surface area contributed by atoms with Gasteiger partial charge in [0.05, 0.1) is 11.1 Å². The molecule has 0 radical (unpaired) electrons. The highest BCUT2D eigenvalue weighted by molar-refractivity contribution is 9.10. The van der Waals surface area contributed by atoms with Crippen molar-refractivity contribution in [3.05, 3.63) is 68.9 Å². The molecule has 0 saturated carbocycles. The lowest BCUT2D eigenvalue weighted by atomic mass is 10.1. The highest BCUT2D eigenvalue weighted by Crippen LogP contribution is 2.39. The van der Waals surface area contributed by atoms with Crippen LogP contribution in [0.5, 0.6) is 5.88 Å². The van der Waals surface area contributed by atoms with Gasteiger partial charge in [0.1, 0.15) is 0 Å². The zero-order chi connectivity index (χ0) is 19.1. The van der Waals surface area contributed by atoms with Crippen LogP contribution >= 0.6 is 15.9 Å². The minimum atomic E-state index is -0.663. The SMILES string of the molecule is Cn1c(O)c(N=NC(=O)c2cc(=O)[nH]c3ccccc23)c2cc(Br)ccc21. The van der Waals surface area contributed by atoms with Gasteiger partial charge in [0.2, 0.25) is 11.4 Å². The van der Waals surface area contributed by atoms with Crippen LogP contribution in [0.15, 0.2) is 68.0 Å². The van der Waals surface area contributed by atoms with Crippen molar-refractivity contribution < 1.29 is 9.90 Å². The van der Waals surface area contributed by atoms with Gasteiger partial charge in [-0.05, 0) is 24.3 Å². The molecule has 2 aromatic heterocycles. The lowest BCUT2D eigenvalue weighted by molar-refractivity contribution is 0.0996. The van der Waals surface area contributed by atoms with Crippen molar-refractivity contribution in [2.24, 2.45) is 17.3 Å². The van der Waals surface area contributed by atoms with Crippen molar-refractivity contribution in [1.82, 2.24) is 9.55 Å². The predicted octanol–water partition coefficient (Wildman–Crippen LogP) is 4.41. The average molecular weight is 425 g/mol. The Morgan fingerprint density at radius 1 is 1.15 bits per heavy atom. The van der Waals surface area contributed by atoms with E-state index in [1.807, 2.05) is 12.1 Å². The number of aryl methyl sites for hydroxylation is 1. The van der Waals surface area contributed by atoms with Crippen molar-refractivity contribution >= 4 is 49.3 Å². The highest BCUT2D eigenvalue weighted by atomic mass is 79.9. The Balaban J connectivity index is 1.82. The summed E-state index contributed by atoms with van der Waals surface area (Å²) in [5, 5.41) is 19.3. The number of fused-ring (bicyclic) bond motifs is 2. The number of amides is 1. The minimum absolute atomic E-state index is 0.101. The van der Waals surface area contributed by atoms with E-state index in [9.17, 15) is 14.7 Å². The minimum Gasteiger partial charge on any atom is -0.493 e. The Morgan fingerprint density at radius 2 is 1.93 bits per heavy atom. The number of azo groups is 1. The van der Waals surface area contributed by atoms with Crippen LogP contribution in [0.1, 0.15) is 10.4 Å². The molecule has 134 valence electrons. The molecular formula is C19H13BrN4O3. The molecule has 2 aromatic carbocycles. The van der Waals surface area contributed by atoms with Crippen LogP contribution in [0.25, 0.3) is 21.8 Å². The van der Waals surface area contributed by atoms with Crippen LogP contribution in [-0.2, 0) is 7.05 Å². The summed E-state index contributed by atoms with van der Waals surface area (Å²) in [5.41, 5.74) is 1.23. The molecule has 0 saturated heterocycles. The quantitative estimate of drug-likeness (QED) is 0.466. The summed E-state index contributed by atoms with van der Waals surface area (Å²) < 4.78 is 2.37. The second kappa shape index (κ2) is 6.48. The summed E-state index contributed by atoms with van der Waals surface area (Å²) in [6, 6.07) is 13.6.